The largest absolute Gasteiger partial charge is 0.391 e. The number of guanidine groups is 1. The number of likely N-dealkylation sites (tertiary alicyclic amines) is 1. The van der Waals surface area contributed by atoms with E-state index in [-0.39, 0.29) is 24.0 Å². The lowest BCUT2D eigenvalue weighted by Crippen LogP contribution is -2.48. The van der Waals surface area contributed by atoms with Crippen molar-refractivity contribution in [3.05, 3.63) is 71.8 Å². The van der Waals surface area contributed by atoms with Crippen molar-refractivity contribution >= 4 is 29.9 Å². The van der Waals surface area contributed by atoms with E-state index in [4.69, 9.17) is 0 Å². The molecule has 0 bridgehead atoms. The standard InChI is InChI=1S/C24H34N4O.HI/c1-2-25-24(26-18-23(29)17-20-9-5-3-6-10-20)27-22-13-15-28(16-14-22)19-21-11-7-4-8-12-21;/h3-12,22-23,29H,2,13-19H2,1H3,(H2,25,26,27);1H. The Labute approximate surface area is 198 Å². The molecule has 0 saturated carbocycles. The molecule has 0 aromatic heterocycles. The lowest BCUT2D eigenvalue weighted by molar-refractivity contribution is 0.183. The number of rotatable bonds is 8. The first-order valence-corrected chi connectivity index (χ1v) is 10.8. The zero-order valence-corrected chi connectivity index (χ0v) is 20.2. The first-order valence-electron chi connectivity index (χ1n) is 10.8. The van der Waals surface area contributed by atoms with Crippen LogP contribution in [0.15, 0.2) is 65.7 Å². The van der Waals surface area contributed by atoms with Gasteiger partial charge in [-0.25, -0.2) is 0 Å². The van der Waals surface area contributed by atoms with Gasteiger partial charge in [-0.3, -0.25) is 9.89 Å². The molecule has 164 valence electrons. The molecule has 1 atom stereocenters. The second-order valence-corrected chi connectivity index (χ2v) is 7.74. The van der Waals surface area contributed by atoms with E-state index in [9.17, 15) is 5.11 Å². The summed E-state index contributed by atoms with van der Waals surface area (Å²) in [5.74, 6) is 0.807. The van der Waals surface area contributed by atoms with E-state index in [1.807, 2.05) is 30.3 Å². The highest BCUT2D eigenvalue weighted by Crippen LogP contribution is 2.14. The van der Waals surface area contributed by atoms with Crippen molar-refractivity contribution in [2.45, 2.75) is 44.9 Å². The maximum absolute atomic E-state index is 10.3. The molecule has 1 unspecified atom stereocenters. The van der Waals surface area contributed by atoms with Crippen LogP contribution in [0.5, 0.6) is 0 Å². The van der Waals surface area contributed by atoms with Gasteiger partial charge in [0.15, 0.2) is 5.96 Å². The van der Waals surface area contributed by atoms with Crippen molar-refractivity contribution in [1.29, 1.82) is 0 Å². The van der Waals surface area contributed by atoms with Gasteiger partial charge in [0.2, 0.25) is 0 Å². The van der Waals surface area contributed by atoms with E-state index < -0.39 is 6.10 Å². The average Bonchev–Trinajstić information content (AvgIpc) is 2.75. The lowest BCUT2D eigenvalue weighted by Gasteiger charge is -2.33. The van der Waals surface area contributed by atoms with Crippen molar-refractivity contribution in [3.63, 3.8) is 0 Å². The van der Waals surface area contributed by atoms with E-state index in [1.54, 1.807) is 0 Å². The van der Waals surface area contributed by atoms with Crippen LogP contribution in [-0.2, 0) is 13.0 Å². The molecule has 0 radical (unpaired) electrons. The third-order valence-corrected chi connectivity index (χ3v) is 5.30. The molecule has 1 aliphatic heterocycles. The molecule has 3 rings (SSSR count). The minimum absolute atomic E-state index is 0. The predicted molar refractivity (Wildman–Crippen MR) is 135 cm³/mol. The number of aliphatic hydroxyl groups is 1. The van der Waals surface area contributed by atoms with Gasteiger partial charge >= 0.3 is 0 Å². The Kier molecular flexibility index (Phi) is 11.2. The van der Waals surface area contributed by atoms with E-state index in [0.717, 1.165) is 50.5 Å². The van der Waals surface area contributed by atoms with Gasteiger partial charge in [-0.15, -0.1) is 24.0 Å². The highest BCUT2D eigenvalue weighted by molar-refractivity contribution is 14.0. The summed E-state index contributed by atoms with van der Waals surface area (Å²) in [5.41, 5.74) is 2.51. The number of benzene rings is 2. The van der Waals surface area contributed by atoms with E-state index >= 15 is 0 Å². The molecule has 30 heavy (non-hydrogen) atoms. The summed E-state index contributed by atoms with van der Waals surface area (Å²) in [6.45, 7) is 6.48. The summed E-state index contributed by atoms with van der Waals surface area (Å²) < 4.78 is 0. The molecular formula is C24H35IN4O. The molecule has 6 heteroatoms. The molecule has 1 heterocycles. The topological polar surface area (TPSA) is 59.9 Å². The number of aliphatic imine (C=N–C) groups is 1. The number of aliphatic hydroxyl groups excluding tert-OH is 1. The third kappa shape index (κ3) is 8.62. The summed E-state index contributed by atoms with van der Waals surface area (Å²) in [4.78, 5) is 7.14. The molecule has 3 N–H and O–H groups in total. The normalized spacial score (nSPS) is 16.5. The summed E-state index contributed by atoms with van der Waals surface area (Å²) in [6, 6.07) is 21.2. The van der Waals surface area contributed by atoms with Crippen LogP contribution in [0.4, 0.5) is 0 Å². The van der Waals surface area contributed by atoms with Crippen LogP contribution in [0.2, 0.25) is 0 Å². The van der Waals surface area contributed by atoms with Crippen molar-refractivity contribution in [3.8, 4) is 0 Å². The van der Waals surface area contributed by atoms with Crippen LogP contribution in [0.1, 0.15) is 30.9 Å². The molecule has 0 spiro atoms. The third-order valence-electron chi connectivity index (χ3n) is 5.30. The van der Waals surface area contributed by atoms with E-state index in [0.29, 0.717) is 19.0 Å². The van der Waals surface area contributed by atoms with Crippen molar-refractivity contribution in [2.75, 3.05) is 26.2 Å². The molecule has 2 aromatic rings. The van der Waals surface area contributed by atoms with Crippen LogP contribution in [0.3, 0.4) is 0 Å². The van der Waals surface area contributed by atoms with Gasteiger partial charge in [0, 0.05) is 38.6 Å². The summed E-state index contributed by atoms with van der Waals surface area (Å²) >= 11 is 0. The Bertz CT molecular complexity index is 733. The van der Waals surface area contributed by atoms with Crippen LogP contribution in [0.25, 0.3) is 0 Å². The summed E-state index contributed by atoms with van der Waals surface area (Å²) in [7, 11) is 0. The van der Waals surface area contributed by atoms with Gasteiger partial charge in [0.25, 0.3) is 0 Å². The average molecular weight is 522 g/mol. The van der Waals surface area contributed by atoms with Gasteiger partial charge in [0.05, 0.1) is 12.6 Å². The second-order valence-electron chi connectivity index (χ2n) is 7.74. The van der Waals surface area contributed by atoms with Crippen LogP contribution < -0.4 is 10.6 Å². The molecule has 1 aliphatic rings. The number of nitrogens with zero attached hydrogens (tertiary/aromatic N) is 2. The number of hydrogen-bond donors (Lipinski definition) is 3. The molecule has 0 amide bonds. The Hall–Kier alpha value is -1.64. The SMILES string of the molecule is CCNC(=NCC(O)Cc1ccccc1)NC1CCN(Cc2ccccc2)CC1.I. The Morgan fingerprint density at radius 3 is 2.23 bits per heavy atom. The predicted octanol–water partition coefficient (Wildman–Crippen LogP) is 3.43. The van der Waals surface area contributed by atoms with Crippen molar-refractivity contribution in [1.82, 2.24) is 15.5 Å². The maximum atomic E-state index is 10.3. The lowest BCUT2D eigenvalue weighted by atomic mass is 10.0. The van der Waals surface area contributed by atoms with Crippen LogP contribution in [0, 0.1) is 0 Å². The van der Waals surface area contributed by atoms with Gasteiger partial charge in [0.1, 0.15) is 0 Å². The molecule has 5 nitrogen and oxygen atoms in total. The highest BCUT2D eigenvalue weighted by atomic mass is 127. The van der Waals surface area contributed by atoms with Crippen molar-refractivity contribution < 1.29 is 5.11 Å². The molecule has 1 fully saturated rings. The van der Waals surface area contributed by atoms with Gasteiger partial charge in [-0.05, 0) is 30.9 Å². The van der Waals surface area contributed by atoms with Crippen molar-refractivity contribution in [2.24, 2.45) is 4.99 Å². The maximum Gasteiger partial charge on any atom is 0.191 e. The molecular weight excluding hydrogens is 487 g/mol. The summed E-state index contributed by atoms with van der Waals surface area (Å²) in [6.07, 6.45) is 2.36. The van der Waals surface area contributed by atoms with Gasteiger partial charge in [-0.1, -0.05) is 60.7 Å². The van der Waals surface area contributed by atoms with E-state index in [1.165, 1.54) is 5.56 Å². The zero-order valence-electron chi connectivity index (χ0n) is 17.8. The second kappa shape index (κ2) is 13.6. The first kappa shape index (κ1) is 24.6. The highest BCUT2D eigenvalue weighted by Gasteiger charge is 2.20. The van der Waals surface area contributed by atoms with Crippen LogP contribution >= 0.6 is 24.0 Å². The first-order chi connectivity index (χ1) is 14.2. The van der Waals surface area contributed by atoms with Gasteiger partial charge in [-0.2, -0.15) is 0 Å². The fraction of sp³-hybridized carbons (Fsp3) is 0.458. The zero-order chi connectivity index (χ0) is 20.3. The fourth-order valence-corrected chi connectivity index (χ4v) is 3.74. The minimum Gasteiger partial charge on any atom is -0.391 e. The number of hydrogen-bond acceptors (Lipinski definition) is 3. The quantitative estimate of drug-likeness (QED) is 0.283. The van der Waals surface area contributed by atoms with Crippen LogP contribution in [-0.4, -0.2) is 54.3 Å². The molecule has 0 aliphatic carbocycles. The number of nitrogens with one attached hydrogen (secondary N) is 2. The smallest absolute Gasteiger partial charge is 0.191 e. The minimum atomic E-state index is -0.472. The number of piperidine rings is 1. The van der Waals surface area contributed by atoms with E-state index in [2.05, 4.69) is 57.8 Å². The number of halogens is 1. The Balaban J connectivity index is 0.00000320. The molecule has 1 saturated heterocycles. The Morgan fingerprint density at radius 1 is 1.03 bits per heavy atom. The fourth-order valence-electron chi connectivity index (χ4n) is 3.74. The monoisotopic (exact) mass is 522 g/mol. The molecule has 2 aromatic carbocycles. The summed E-state index contributed by atoms with van der Waals surface area (Å²) in [5, 5.41) is 17.2. The van der Waals surface area contributed by atoms with Gasteiger partial charge < -0.3 is 15.7 Å². The Morgan fingerprint density at radius 2 is 1.63 bits per heavy atom.